The molecule has 5 aromatic rings. The normalized spacial score (nSPS) is 11.8. The van der Waals surface area contributed by atoms with Gasteiger partial charge in [-0.1, -0.05) is 48.0 Å². The predicted octanol–water partition coefficient (Wildman–Crippen LogP) is 8.59. The van der Waals surface area contributed by atoms with E-state index in [-0.39, 0.29) is 40.5 Å². The van der Waals surface area contributed by atoms with Gasteiger partial charge in [-0.3, -0.25) is 4.68 Å². The number of nitrogens with zero attached hydrogens (tertiary/aromatic N) is 2. The van der Waals surface area contributed by atoms with Gasteiger partial charge < -0.3 is 4.74 Å². The fourth-order valence-electron chi connectivity index (χ4n) is 4.30. The summed E-state index contributed by atoms with van der Waals surface area (Å²) in [4.78, 5) is 0. The molecule has 0 unspecified atom stereocenters. The summed E-state index contributed by atoms with van der Waals surface area (Å²) in [5.74, 6) is -0.550. The van der Waals surface area contributed by atoms with E-state index in [0.29, 0.717) is 22.6 Å². The molecule has 5 rings (SSSR count). The topological polar surface area (TPSA) is 27.1 Å². The molecule has 0 radical (unpaired) electrons. The molecule has 0 fully saturated rings. The summed E-state index contributed by atoms with van der Waals surface area (Å²) in [6, 6.07) is 19.1. The Kier molecular flexibility index (Phi) is 6.84. The van der Waals surface area contributed by atoms with Gasteiger partial charge in [-0.15, -0.1) is 0 Å². The summed E-state index contributed by atoms with van der Waals surface area (Å²) in [5, 5.41) is 4.73. The Hall–Kier alpha value is -3.91. The van der Waals surface area contributed by atoms with Gasteiger partial charge in [-0.05, 0) is 60.5 Å². The summed E-state index contributed by atoms with van der Waals surface area (Å²) in [5.41, 5.74) is 1.50. The highest BCUT2D eigenvalue weighted by atomic mass is 35.5. The van der Waals surface area contributed by atoms with E-state index in [9.17, 15) is 22.0 Å². The molecule has 3 nitrogen and oxygen atoms in total. The summed E-state index contributed by atoms with van der Waals surface area (Å²) >= 11 is 5.87. The summed E-state index contributed by atoms with van der Waals surface area (Å²) in [7, 11) is 0. The molecular weight excluding hydrogens is 523 g/mol. The zero-order valence-electron chi connectivity index (χ0n) is 20.0. The van der Waals surface area contributed by atoms with Crippen molar-refractivity contribution in [3.05, 3.63) is 118 Å². The summed E-state index contributed by atoms with van der Waals surface area (Å²) in [6.07, 6.45) is -4.63. The molecule has 194 valence electrons. The van der Waals surface area contributed by atoms with Crippen molar-refractivity contribution in [3.63, 3.8) is 0 Å². The molecular formula is C29H20ClF5N2O. The minimum Gasteiger partial charge on any atom is -0.489 e. The molecule has 1 aromatic heterocycles. The van der Waals surface area contributed by atoms with Crippen molar-refractivity contribution in [2.75, 3.05) is 0 Å². The van der Waals surface area contributed by atoms with Crippen molar-refractivity contribution in [2.24, 2.45) is 0 Å². The predicted molar refractivity (Wildman–Crippen MR) is 136 cm³/mol. The molecule has 0 atom stereocenters. The monoisotopic (exact) mass is 542 g/mol. The van der Waals surface area contributed by atoms with Crippen LogP contribution in [0.1, 0.15) is 22.3 Å². The van der Waals surface area contributed by atoms with Gasteiger partial charge in [0.05, 0.1) is 17.8 Å². The van der Waals surface area contributed by atoms with E-state index in [0.717, 1.165) is 17.7 Å². The molecule has 0 aliphatic carbocycles. The molecule has 38 heavy (non-hydrogen) atoms. The SMILES string of the molecule is Cc1ccc(F)cc1COc1cccc(-c2c3cccc(C(F)(F)F)c3nn2Cc2ccc(Cl)cc2F)c1. The molecule has 4 aromatic carbocycles. The molecule has 1 heterocycles. The molecule has 0 bridgehead atoms. The standard InChI is InChI=1S/C29H20ClF5N2O/c1-17-8-11-22(31)12-20(17)16-38-23-5-2-4-18(13-23)28-24-6-3-7-25(29(33,34)35)27(24)36-37(28)15-19-9-10-21(30)14-26(19)32/h2-14H,15-16H2,1H3. The first-order valence-electron chi connectivity index (χ1n) is 11.6. The largest absolute Gasteiger partial charge is 0.489 e. The van der Waals surface area contributed by atoms with Crippen LogP contribution in [0.15, 0.2) is 78.9 Å². The molecule has 9 heteroatoms. The Morgan fingerprint density at radius 1 is 0.895 bits per heavy atom. The number of rotatable bonds is 6. The Labute approximate surface area is 220 Å². The van der Waals surface area contributed by atoms with Gasteiger partial charge in [-0.25, -0.2) is 8.78 Å². The number of fused-ring (bicyclic) bond motifs is 1. The molecule has 0 N–H and O–H groups in total. The van der Waals surface area contributed by atoms with E-state index in [1.807, 2.05) is 6.92 Å². The Morgan fingerprint density at radius 3 is 2.45 bits per heavy atom. The average molecular weight is 543 g/mol. The van der Waals surface area contributed by atoms with E-state index in [1.165, 1.54) is 35.0 Å². The van der Waals surface area contributed by atoms with Crippen LogP contribution in [0.5, 0.6) is 5.75 Å². The van der Waals surface area contributed by atoms with Gasteiger partial charge in [0.25, 0.3) is 0 Å². The number of aromatic nitrogens is 2. The Bertz CT molecular complexity index is 1640. The lowest BCUT2D eigenvalue weighted by atomic mass is 10.0. The Morgan fingerprint density at radius 2 is 1.68 bits per heavy atom. The van der Waals surface area contributed by atoms with Crippen molar-refractivity contribution < 1.29 is 26.7 Å². The zero-order valence-corrected chi connectivity index (χ0v) is 20.7. The number of alkyl halides is 3. The first-order valence-corrected chi connectivity index (χ1v) is 12.0. The fourth-order valence-corrected chi connectivity index (χ4v) is 4.46. The van der Waals surface area contributed by atoms with Gasteiger partial charge >= 0.3 is 6.18 Å². The number of ether oxygens (including phenoxy) is 1. The second kappa shape index (κ2) is 10.1. The van der Waals surface area contributed by atoms with Gasteiger partial charge in [-0.2, -0.15) is 18.3 Å². The minimum atomic E-state index is -4.63. The lowest BCUT2D eigenvalue weighted by Crippen LogP contribution is -2.07. The third-order valence-electron chi connectivity index (χ3n) is 6.22. The number of aryl methyl sites for hydroxylation is 1. The molecule has 0 amide bonds. The van der Waals surface area contributed by atoms with Gasteiger partial charge in [0, 0.05) is 21.5 Å². The highest BCUT2D eigenvalue weighted by molar-refractivity contribution is 6.30. The van der Waals surface area contributed by atoms with Gasteiger partial charge in [0.15, 0.2) is 0 Å². The lowest BCUT2D eigenvalue weighted by molar-refractivity contribution is -0.136. The minimum absolute atomic E-state index is 0.0985. The zero-order chi connectivity index (χ0) is 27.0. The van der Waals surface area contributed by atoms with Crippen molar-refractivity contribution in [1.29, 1.82) is 0 Å². The van der Waals surface area contributed by atoms with Crippen LogP contribution in [-0.2, 0) is 19.3 Å². The van der Waals surface area contributed by atoms with E-state index in [1.54, 1.807) is 36.4 Å². The maximum absolute atomic E-state index is 14.6. The number of hydrogen-bond acceptors (Lipinski definition) is 2. The molecule has 0 spiro atoms. The molecule has 0 aliphatic rings. The van der Waals surface area contributed by atoms with Crippen LogP contribution in [0, 0.1) is 18.6 Å². The maximum Gasteiger partial charge on any atom is 0.418 e. The maximum atomic E-state index is 14.6. The van der Waals surface area contributed by atoms with Crippen molar-refractivity contribution in [2.45, 2.75) is 26.3 Å². The third-order valence-corrected chi connectivity index (χ3v) is 6.46. The van der Waals surface area contributed by atoms with Gasteiger partial charge in [0.1, 0.15) is 29.5 Å². The van der Waals surface area contributed by atoms with E-state index >= 15 is 0 Å². The van der Waals surface area contributed by atoms with Gasteiger partial charge in [0.2, 0.25) is 0 Å². The first kappa shape index (κ1) is 25.7. The Balaban J connectivity index is 1.59. The van der Waals surface area contributed by atoms with E-state index in [2.05, 4.69) is 5.10 Å². The van der Waals surface area contributed by atoms with Crippen LogP contribution in [-0.4, -0.2) is 9.78 Å². The molecule has 0 saturated carbocycles. The van der Waals surface area contributed by atoms with Crippen LogP contribution in [0.3, 0.4) is 0 Å². The van der Waals surface area contributed by atoms with Crippen LogP contribution in [0.2, 0.25) is 5.02 Å². The van der Waals surface area contributed by atoms with Crippen LogP contribution < -0.4 is 4.74 Å². The van der Waals surface area contributed by atoms with Crippen molar-refractivity contribution in [1.82, 2.24) is 9.78 Å². The number of halogens is 6. The third kappa shape index (κ3) is 5.22. The lowest BCUT2D eigenvalue weighted by Gasteiger charge is -2.12. The van der Waals surface area contributed by atoms with Crippen molar-refractivity contribution >= 4 is 22.5 Å². The smallest absolute Gasteiger partial charge is 0.418 e. The number of hydrogen-bond donors (Lipinski definition) is 0. The van der Waals surface area contributed by atoms with E-state index < -0.39 is 17.6 Å². The first-order chi connectivity index (χ1) is 18.1. The fraction of sp³-hybridized carbons (Fsp3) is 0.138. The number of benzene rings is 4. The van der Waals surface area contributed by atoms with Crippen LogP contribution in [0.4, 0.5) is 22.0 Å². The molecule has 0 aliphatic heterocycles. The highest BCUT2D eigenvalue weighted by Crippen LogP contribution is 2.39. The highest BCUT2D eigenvalue weighted by Gasteiger charge is 2.34. The molecule has 0 saturated heterocycles. The second-order valence-corrected chi connectivity index (χ2v) is 9.27. The second-order valence-electron chi connectivity index (χ2n) is 8.83. The van der Waals surface area contributed by atoms with Crippen LogP contribution >= 0.6 is 11.6 Å². The summed E-state index contributed by atoms with van der Waals surface area (Å²) < 4.78 is 77.0. The summed E-state index contributed by atoms with van der Waals surface area (Å²) in [6.45, 7) is 1.81. The quantitative estimate of drug-likeness (QED) is 0.201. The average Bonchev–Trinajstić information content (AvgIpc) is 3.24. The van der Waals surface area contributed by atoms with Crippen LogP contribution in [0.25, 0.3) is 22.2 Å². The van der Waals surface area contributed by atoms with E-state index in [4.69, 9.17) is 16.3 Å². The van der Waals surface area contributed by atoms with Crippen molar-refractivity contribution in [3.8, 4) is 17.0 Å².